The van der Waals surface area contributed by atoms with Gasteiger partial charge in [0.1, 0.15) is 5.76 Å². The number of carbonyl (C=O) groups excluding carboxylic acids is 1. The van der Waals surface area contributed by atoms with Crippen molar-refractivity contribution in [3.8, 4) is 0 Å². The second kappa shape index (κ2) is 6.24. The monoisotopic (exact) mass is 272 g/mol. The fraction of sp³-hybridized carbons (Fsp3) is 0.667. The van der Waals surface area contributed by atoms with E-state index in [1.165, 1.54) is 11.8 Å². The average molecular weight is 272 g/mol. The highest BCUT2D eigenvalue weighted by Gasteiger charge is 2.19. The van der Waals surface area contributed by atoms with Gasteiger partial charge in [-0.3, -0.25) is 4.79 Å². The van der Waals surface area contributed by atoms with Gasteiger partial charge in [0.2, 0.25) is 5.91 Å². The lowest BCUT2D eigenvalue weighted by Gasteiger charge is -2.23. The van der Waals surface area contributed by atoms with Crippen LogP contribution in [-0.2, 0) is 10.5 Å². The average Bonchev–Trinajstić information content (AvgIpc) is 2.60. The van der Waals surface area contributed by atoms with E-state index in [-0.39, 0.29) is 12.5 Å². The Balaban J connectivity index is 2.37. The molecule has 6 heteroatoms. The number of aryl methyl sites for hydroxylation is 2. The maximum absolute atomic E-state index is 11.6. The zero-order chi connectivity index (χ0) is 13.8. The van der Waals surface area contributed by atoms with Crippen LogP contribution in [-0.4, -0.2) is 34.1 Å². The standard InChI is InChI=1S/C12H20N2O3S/c1-8-10(9(2)17-14-8)5-18-6-11(16)13-12(3,4)7-15/h15H,5-7H2,1-4H3,(H,13,16). The largest absolute Gasteiger partial charge is 0.394 e. The second-order valence-corrected chi connectivity index (χ2v) is 5.87. The summed E-state index contributed by atoms with van der Waals surface area (Å²) in [6.07, 6.45) is 0. The van der Waals surface area contributed by atoms with Gasteiger partial charge in [0, 0.05) is 11.3 Å². The van der Waals surface area contributed by atoms with Crippen molar-refractivity contribution in [2.45, 2.75) is 39.0 Å². The zero-order valence-corrected chi connectivity index (χ0v) is 12.1. The van der Waals surface area contributed by atoms with Gasteiger partial charge in [0.15, 0.2) is 0 Å². The highest BCUT2D eigenvalue weighted by Crippen LogP contribution is 2.19. The maximum Gasteiger partial charge on any atom is 0.230 e. The molecule has 2 N–H and O–H groups in total. The number of nitrogens with one attached hydrogen (secondary N) is 1. The number of aromatic nitrogens is 1. The number of amides is 1. The minimum atomic E-state index is -0.569. The third-order valence-corrected chi connectivity index (χ3v) is 3.49. The van der Waals surface area contributed by atoms with E-state index in [9.17, 15) is 4.79 Å². The molecular formula is C12H20N2O3S. The minimum absolute atomic E-state index is 0.0761. The van der Waals surface area contributed by atoms with Gasteiger partial charge in [-0.2, -0.15) is 0 Å². The van der Waals surface area contributed by atoms with Gasteiger partial charge in [-0.15, -0.1) is 11.8 Å². The maximum atomic E-state index is 11.6. The summed E-state index contributed by atoms with van der Waals surface area (Å²) in [4.78, 5) is 11.6. The number of aliphatic hydroxyl groups is 1. The number of hydrogen-bond donors (Lipinski definition) is 2. The Bertz CT molecular complexity index is 396. The van der Waals surface area contributed by atoms with Crippen molar-refractivity contribution >= 4 is 17.7 Å². The first-order valence-electron chi connectivity index (χ1n) is 5.77. The molecule has 0 aliphatic carbocycles. The van der Waals surface area contributed by atoms with Crippen molar-refractivity contribution in [3.05, 3.63) is 17.0 Å². The van der Waals surface area contributed by atoms with Crippen LogP contribution in [0.3, 0.4) is 0 Å². The fourth-order valence-corrected chi connectivity index (χ4v) is 2.38. The highest BCUT2D eigenvalue weighted by atomic mass is 32.2. The number of aliphatic hydroxyl groups excluding tert-OH is 1. The number of carbonyl (C=O) groups is 1. The third-order valence-electron chi connectivity index (χ3n) is 2.53. The predicted octanol–water partition coefficient (Wildman–Crippen LogP) is 1.41. The van der Waals surface area contributed by atoms with Crippen molar-refractivity contribution < 1.29 is 14.4 Å². The van der Waals surface area contributed by atoms with Crippen molar-refractivity contribution in [1.29, 1.82) is 0 Å². The molecule has 0 bridgehead atoms. The van der Waals surface area contributed by atoms with Crippen molar-refractivity contribution in [2.75, 3.05) is 12.4 Å². The van der Waals surface area contributed by atoms with Gasteiger partial charge in [0.05, 0.1) is 23.6 Å². The molecule has 0 aromatic carbocycles. The normalized spacial score (nSPS) is 11.6. The van der Waals surface area contributed by atoms with Gasteiger partial charge >= 0.3 is 0 Å². The minimum Gasteiger partial charge on any atom is -0.394 e. The van der Waals surface area contributed by atoms with E-state index < -0.39 is 5.54 Å². The molecule has 0 radical (unpaired) electrons. The van der Waals surface area contributed by atoms with Crippen LogP contribution in [0.25, 0.3) is 0 Å². The van der Waals surface area contributed by atoms with Crippen molar-refractivity contribution in [3.63, 3.8) is 0 Å². The molecule has 102 valence electrons. The van der Waals surface area contributed by atoms with E-state index in [0.29, 0.717) is 11.5 Å². The summed E-state index contributed by atoms with van der Waals surface area (Å²) in [5.74, 6) is 1.78. The van der Waals surface area contributed by atoms with Crippen molar-refractivity contribution in [2.24, 2.45) is 0 Å². The summed E-state index contributed by atoms with van der Waals surface area (Å²) in [5, 5.41) is 15.7. The summed E-state index contributed by atoms with van der Waals surface area (Å²) in [6.45, 7) is 7.24. The first-order chi connectivity index (χ1) is 8.35. The lowest BCUT2D eigenvalue weighted by atomic mass is 10.1. The highest BCUT2D eigenvalue weighted by molar-refractivity contribution is 7.99. The molecule has 5 nitrogen and oxygen atoms in total. The molecule has 0 saturated heterocycles. The van der Waals surface area contributed by atoms with E-state index in [0.717, 1.165) is 17.0 Å². The molecular weight excluding hydrogens is 252 g/mol. The number of nitrogens with zero attached hydrogens (tertiary/aromatic N) is 1. The smallest absolute Gasteiger partial charge is 0.230 e. The molecule has 18 heavy (non-hydrogen) atoms. The Hall–Kier alpha value is -1.01. The molecule has 0 atom stereocenters. The summed E-state index contributed by atoms with van der Waals surface area (Å²) in [6, 6.07) is 0. The Morgan fingerprint density at radius 2 is 2.17 bits per heavy atom. The second-order valence-electron chi connectivity index (χ2n) is 4.89. The van der Waals surface area contributed by atoms with Crippen LogP contribution in [0.4, 0.5) is 0 Å². The molecule has 0 aliphatic rings. The molecule has 1 heterocycles. The van der Waals surface area contributed by atoms with Gasteiger partial charge < -0.3 is 14.9 Å². The summed E-state index contributed by atoms with van der Waals surface area (Å²) >= 11 is 1.50. The number of rotatable bonds is 6. The molecule has 0 spiro atoms. The Kier molecular flexibility index (Phi) is 5.22. The topological polar surface area (TPSA) is 75.4 Å². The van der Waals surface area contributed by atoms with Crippen LogP contribution in [0.2, 0.25) is 0 Å². The van der Waals surface area contributed by atoms with Crippen LogP contribution in [0.1, 0.15) is 30.9 Å². The summed E-state index contributed by atoms with van der Waals surface area (Å²) in [5.41, 5.74) is 1.35. The predicted molar refractivity (Wildman–Crippen MR) is 71.4 cm³/mol. The Morgan fingerprint density at radius 3 is 2.67 bits per heavy atom. The first-order valence-corrected chi connectivity index (χ1v) is 6.92. The van der Waals surface area contributed by atoms with E-state index in [1.54, 1.807) is 13.8 Å². The molecule has 1 aromatic rings. The van der Waals surface area contributed by atoms with Crippen LogP contribution in [0.15, 0.2) is 4.52 Å². The SMILES string of the molecule is Cc1noc(C)c1CSCC(=O)NC(C)(C)CO. The fourth-order valence-electron chi connectivity index (χ4n) is 1.41. The molecule has 0 saturated carbocycles. The lowest BCUT2D eigenvalue weighted by molar-refractivity contribution is -0.120. The van der Waals surface area contributed by atoms with Gasteiger partial charge in [0.25, 0.3) is 0 Å². The third kappa shape index (κ3) is 4.34. The van der Waals surface area contributed by atoms with Crippen LogP contribution < -0.4 is 5.32 Å². The van der Waals surface area contributed by atoms with Crippen molar-refractivity contribution in [1.82, 2.24) is 10.5 Å². The molecule has 1 aromatic heterocycles. The van der Waals surface area contributed by atoms with Gasteiger partial charge in [-0.1, -0.05) is 5.16 Å². The number of thioether (sulfide) groups is 1. The zero-order valence-electron chi connectivity index (χ0n) is 11.2. The Labute approximate surface area is 111 Å². The molecule has 1 rings (SSSR count). The van der Waals surface area contributed by atoms with E-state index in [2.05, 4.69) is 10.5 Å². The summed E-state index contributed by atoms with van der Waals surface area (Å²) in [7, 11) is 0. The first kappa shape index (κ1) is 15.0. The molecule has 0 fully saturated rings. The molecule has 1 amide bonds. The number of hydrogen-bond acceptors (Lipinski definition) is 5. The summed E-state index contributed by atoms with van der Waals surface area (Å²) < 4.78 is 5.05. The molecule has 0 aliphatic heterocycles. The van der Waals surface area contributed by atoms with Crippen LogP contribution >= 0.6 is 11.8 Å². The van der Waals surface area contributed by atoms with Gasteiger partial charge in [-0.25, -0.2) is 0 Å². The Morgan fingerprint density at radius 1 is 1.50 bits per heavy atom. The van der Waals surface area contributed by atoms with E-state index in [4.69, 9.17) is 9.63 Å². The molecule has 0 unspecified atom stereocenters. The quantitative estimate of drug-likeness (QED) is 0.819. The van der Waals surface area contributed by atoms with Gasteiger partial charge in [-0.05, 0) is 27.7 Å². The van der Waals surface area contributed by atoms with E-state index in [1.807, 2.05) is 13.8 Å². The lowest BCUT2D eigenvalue weighted by Crippen LogP contribution is -2.47. The van der Waals surface area contributed by atoms with Crippen LogP contribution in [0.5, 0.6) is 0 Å². The van der Waals surface area contributed by atoms with Crippen LogP contribution in [0, 0.1) is 13.8 Å². The van der Waals surface area contributed by atoms with E-state index >= 15 is 0 Å².